The maximum absolute atomic E-state index is 11.1. The molecule has 0 saturated heterocycles. The first-order chi connectivity index (χ1) is 13.8. The van der Waals surface area contributed by atoms with Crippen LogP contribution in [-0.2, 0) is 31.7 Å². The number of fused-ring (bicyclic) bond motifs is 2. The number of carboxylic acid groups (broad SMARTS) is 1. The molecule has 0 aliphatic heterocycles. The number of nitrogens with zero attached hydrogens (tertiary/aromatic N) is 2. The molecule has 0 spiro atoms. The topological polar surface area (TPSA) is 47.2 Å². The quantitative estimate of drug-likeness (QED) is 0.430. The van der Waals surface area contributed by atoms with Crippen LogP contribution in [0.1, 0.15) is 28.9 Å². The van der Waals surface area contributed by atoms with Crippen LogP contribution in [0.25, 0.3) is 21.8 Å². The fourth-order valence-electron chi connectivity index (χ4n) is 4.24. The second-order valence-corrected chi connectivity index (χ2v) is 8.35. The minimum atomic E-state index is -0.795. The number of benzene rings is 2. The van der Waals surface area contributed by atoms with Crippen molar-refractivity contribution in [3.05, 3.63) is 69.0 Å². The van der Waals surface area contributed by atoms with Crippen LogP contribution >= 0.6 is 23.2 Å². The zero-order chi connectivity index (χ0) is 20.9. The molecule has 4 nitrogen and oxygen atoms in total. The van der Waals surface area contributed by atoms with Gasteiger partial charge in [0.05, 0.1) is 21.1 Å². The third-order valence-corrected chi connectivity index (χ3v) is 6.40. The van der Waals surface area contributed by atoms with E-state index >= 15 is 0 Å². The predicted octanol–water partition coefficient (Wildman–Crippen LogP) is 5.89. The van der Waals surface area contributed by atoms with E-state index < -0.39 is 5.97 Å². The van der Waals surface area contributed by atoms with Gasteiger partial charge in [-0.15, -0.1) is 0 Å². The van der Waals surface area contributed by atoms with Crippen molar-refractivity contribution >= 4 is 51.0 Å². The second-order valence-electron chi connectivity index (χ2n) is 7.54. The number of carboxylic acids is 1. The third kappa shape index (κ3) is 3.41. The Labute approximate surface area is 179 Å². The molecule has 150 valence electrons. The van der Waals surface area contributed by atoms with Crippen molar-refractivity contribution in [3.63, 3.8) is 0 Å². The lowest BCUT2D eigenvalue weighted by molar-refractivity contribution is -0.136. The summed E-state index contributed by atoms with van der Waals surface area (Å²) in [5.74, 6) is -0.795. The van der Waals surface area contributed by atoms with Gasteiger partial charge in [-0.2, -0.15) is 0 Å². The first kappa shape index (κ1) is 19.9. The van der Waals surface area contributed by atoms with E-state index in [1.807, 2.05) is 39.2 Å². The van der Waals surface area contributed by atoms with Crippen molar-refractivity contribution < 1.29 is 9.90 Å². The van der Waals surface area contributed by atoms with Gasteiger partial charge < -0.3 is 14.2 Å². The Morgan fingerprint density at radius 1 is 1.03 bits per heavy atom. The van der Waals surface area contributed by atoms with Gasteiger partial charge in [-0.05, 0) is 48.7 Å². The van der Waals surface area contributed by atoms with E-state index in [0.29, 0.717) is 17.9 Å². The number of hydrogen-bond donors (Lipinski definition) is 1. The summed E-state index contributed by atoms with van der Waals surface area (Å²) in [4.78, 5) is 11.1. The monoisotopic (exact) mass is 428 g/mol. The number of carbonyl (C=O) groups is 1. The lowest BCUT2D eigenvalue weighted by Crippen LogP contribution is -1.99. The van der Waals surface area contributed by atoms with E-state index in [4.69, 9.17) is 28.3 Å². The van der Waals surface area contributed by atoms with Crippen LogP contribution in [0.4, 0.5) is 0 Å². The van der Waals surface area contributed by atoms with Crippen molar-refractivity contribution in [2.24, 2.45) is 14.1 Å². The Morgan fingerprint density at radius 2 is 1.79 bits per heavy atom. The maximum Gasteiger partial charge on any atom is 0.303 e. The summed E-state index contributed by atoms with van der Waals surface area (Å²) in [6.45, 7) is 2.01. The number of halogens is 2. The molecule has 0 radical (unpaired) electrons. The highest BCUT2D eigenvalue weighted by Crippen LogP contribution is 2.34. The van der Waals surface area contributed by atoms with Crippen LogP contribution < -0.4 is 0 Å². The highest BCUT2D eigenvalue weighted by Gasteiger charge is 2.17. The smallest absolute Gasteiger partial charge is 0.303 e. The number of para-hydroxylation sites is 1. The summed E-state index contributed by atoms with van der Waals surface area (Å²) in [6, 6.07) is 12.2. The van der Waals surface area contributed by atoms with Crippen molar-refractivity contribution in [3.8, 4) is 0 Å². The van der Waals surface area contributed by atoms with Crippen LogP contribution in [0.15, 0.2) is 36.4 Å². The Bertz CT molecular complexity index is 1270. The summed E-state index contributed by atoms with van der Waals surface area (Å²) in [5, 5.41) is 12.7. The zero-order valence-electron chi connectivity index (χ0n) is 16.6. The summed E-state index contributed by atoms with van der Waals surface area (Å²) in [5.41, 5.74) is 6.31. The molecule has 2 aromatic heterocycles. The molecule has 4 rings (SSSR count). The molecule has 0 aliphatic rings. The number of aromatic nitrogens is 2. The van der Waals surface area contributed by atoms with Crippen molar-refractivity contribution in [1.29, 1.82) is 0 Å². The summed E-state index contributed by atoms with van der Waals surface area (Å²) in [6.07, 6.45) is 1.30. The van der Waals surface area contributed by atoms with Crippen LogP contribution in [0.3, 0.4) is 0 Å². The molecule has 29 heavy (non-hydrogen) atoms. The first-order valence-electron chi connectivity index (χ1n) is 9.48. The van der Waals surface area contributed by atoms with Gasteiger partial charge in [0.2, 0.25) is 0 Å². The van der Waals surface area contributed by atoms with Crippen LogP contribution in [0, 0.1) is 6.92 Å². The predicted molar refractivity (Wildman–Crippen MR) is 119 cm³/mol. The minimum Gasteiger partial charge on any atom is -0.481 e. The van der Waals surface area contributed by atoms with Gasteiger partial charge in [0.25, 0.3) is 0 Å². The normalized spacial score (nSPS) is 11.6. The highest BCUT2D eigenvalue weighted by molar-refractivity contribution is 6.35. The van der Waals surface area contributed by atoms with E-state index in [0.717, 1.165) is 49.3 Å². The number of aliphatic carboxylic acids is 1. The number of aryl methyl sites for hydroxylation is 3. The average molecular weight is 429 g/mol. The van der Waals surface area contributed by atoms with Crippen LogP contribution in [0.5, 0.6) is 0 Å². The van der Waals surface area contributed by atoms with E-state index in [9.17, 15) is 4.79 Å². The Balaban J connectivity index is 1.81. The standard InChI is InChI=1S/C23H22Cl2N2O2/c1-13-17(7-8-21(28)29)18-10-14(11-20(25)23(18)26(13)2)9-16-12-15-5-4-6-19(24)22(15)27(16)3/h4-6,10-12H,7-9H2,1-3H3,(H,28,29). The van der Waals surface area contributed by atoms with Crippen molar-refractivity contribution in [2.75, 3.05) is 0 Å². The van der Waals surface area contributed by atoms with Gasteiger partial charge in [0.1, 0.15) is 0 Å². The van der Waals surface area contributed by atoms with E-state index in [2.05, 4.69) is 27.3 Å². The Kier molecular flexibility index (Phi) is 5.09. The van der Waals surface area contributed by atoms with E-state index in [1.165, 1.54) is 0 Å². The molecular formula is C23H22Cl2N2O2. The van der Waals surface area contributed by atoms with E-state index in [-0.39, 0.29) is 6.42 Å². The molecule has 0 bridgehead atoms. The van der Waals surface area contributed by atoms with Gasteiger partial charge in [0, 0.05) is 49.1 Å². The lowest BCUT2D eigenvalue weighted by atomic mass is 10.0. The van der Waals surface area contributed by atoms with Crippen LogP contribution in [0.2, 0.25) is 10.0 Å². The highest BCUT2D eigenvalue weighted by atomic mass is 35.5. The van der Waals surface area contributed by atoms with Crippen LogP contribution in [-0.4, -0.2) is 20.2 Å². The molecular weight excluding hydrogens is 407 g/mol. The molecule has 0 fully saturated rings. The van der Waals surface area contributed by atoms with Gasteiger partial charge in [-0.3, -0.25) is 4.79 Å². The molecule has 0 saturated carbocycles. The largest absolute Gasteiger partial charge is 0.481 e. The molecule has 0 atom stereocenters. The van der Waals surface area contributed by atoms with Crippen molar-refractivity contribution in [2.45, 2.75) is 26.2 Å². The first-order valence-corrected chi connectivity index (χ1v) is 10.2. The van der Waals surface area contributed by atoms with E-state index in [1.54, 1.807) is 0 Å². The van der Waals surface area contributed by atoms with Gasteiger partial charge >= 0.3 is 5.97 Å². The number of hydrogen-bond acceptors (Lipinski definition) is 1. The van der Waals surface area contributed by atoms with Gasteiger partial charge in [-0.25, -0.2) is 0 Å². The fourth-order valence-corrected chi connectivity index (χ4v) is 4.92. The Hall–Kier alpha value is -2.43. The fraction of sp³-hybridized carbons (Fsp3) is 0.261. The second kappa shape index (κ2) is 7.43. The Morgan fingerprint density at radius 3 is 2.48 bits per heavy atom. The molecule has 6 heteroatoms. The van der Waals surface area contributed by atoms with Gasteiger partial charge in [-0.1, -0.05) is 35.3 Å². The third-order valence-electron chi connectivity index (χ3n) is 5.80. The molecule has 2 aromatic carbocycles. The average Bonchev–Trinajstić information content (AvgIpc) is 3.09. The lowest BCUT2D eigenvalue weighted by Gasteiger charge is -2.08. The summed E-state index contributed by atoms with van der Waals surface area (Å²) < 4.78 is 4.17. The molecule has 0 amide bonds. The zero-order valence-corrected chi connectivity index (χ0v) is 18.1. The van der Waals surface area contributed by atoms with Crippen molar-refractivity contribution in [1.82, 2.24) is 9.13 Å². The summed E-state index contributed by atoms with van der Waals surface area (Å²) >= 11 is 13.1. The van der Waals surface area contributed by atoms with Gasteiger partial charge in [0.15, 0.2) is 0 Å². The maximum atomic E-state index is 11.1. The summed E-state index contributed by atoms with van der Waals surface area (Å²) in [7, 11) is 3.99. The molecule has 2 heterocycles. The SMILES string of the molecule is Cc1c(CCC(=O)O)c2cc(Cc3cc4cccc(Cl)c4n3C)cc(Cl)c2n1C. The molecule has 4 aromatic rings. The minimum absolute atomic E-state index is 0.101. The molecule has 0 aliphatic carbocycles. The molecule has 0 unspecified atom stereocenters. The number of rotatable bonds is 5. The molecule has 1 N–H and O–H groups in total.